The second kappa shape index (κ2) is 10.0. The molecule has 0 spiro atoms. The Labute approximate surface area is 170 Å². The fourth-order valence-electron chi connectivity index (χ4n) is 2.41. The van der Waals surface area contributed by atoms with Crippen molar-refractivity contribution in [2.24, 2.45) is 0 Å². The molecule has 0 saturated carbocycles. The predicted molar refractivity (Wildman–Crippen MR) is 108 cm³/mol. The van der Waals surface area contributed by atoms with Gasteiger partial charge in [-0.15, -0.1) is 0 Å². The van der Waals surface area contributed by atoms with Crippen LogP contribution in [0.25, 0.3) is 0 Å². The molecule has 2 rings (SSSR count). The first kappa shape index (κ1) is 22.4. The summed E-state index contributed by atoms with van der Waals surface area (Å²) in [5, 5.41) is 2.61. The Morgan fingerprint density at radius 1 is 1.00 bits per heavy atom. The quantitative estimate of drug-likeness (QED) is 0.602. The van der Waals surface area contributed by atoms with Crippen LogP contribution in [0.5, 0.6) is 5.75 Å². The maximum absolute atomic E-state index is 12.1. The van der Waals surface area contributed by atoms with Crippen molar-refractivity contribution in [3.05, 3.63) is 53.6 Å². The molecule has 0 fully saturated rings. The van der Waals surface area contributed by atoms with Gasteiger partial charge in [0, 0.05) is 6.54 Å². The molecule has 29 heavy (non-hydrogen) atoms. The van der Waals surface area contributed by atoms with Gasteiger partial charge in [0.15, 0.2) is 6.61 Å². The standard InChI is InChI=1S/C20H24N2O6S/c1-14-4-7-16(8-5-14)29(25,26)21-11-10-20(24)28-13-19(23)22-17-12-15(2)6-9-18(17)27-3/h4-9,12,21H,10-11,13H2,1-3H3,(H,22,23). The molecular formula is C20H24N2O6S. The van der Waals surface area contributed by atoms with E-state index in [1.165, 1.54) is 19.2 Å². The van der Waals surface area contributed by atoms with Gasteiger partial charge in [0.25, 0.3) is 5.91 Å². The van der Waals surface area contributed by atoms with Crippen LogP contribution in [0, 0.1) is 13.8 Å². The van der Waals surface area contributed by atoms with Crippen LogP contribution in [-0.4, -0.2) is 40.6 Å². The Bertz CT molecular complexity index is 971. The number of ether oxygens (including phenoxy) is 2. The van der Waals surface area contributed by atoms with E-state index in [9.17, 15) is 18.0 Å². The van der Waals surface area contributed by atoms with Crippen molar-refractivity contribution in [3.63, 3.8) is 0 Å². The SMILES string of the molecule is COc1ccc(C)cc1NC(=O)COC(=O)CCNS(=O)(=O)c1ccc(C)cc1. The van der Waals surface area contributed by atoms with Gasteiger partial charge in [0.05, 0.1) is 24.1 Å². The zero-order chi connectivity index (χ0) is 21.4. The Kier molecular flexibility index (Phi) is 7.74. The molecule has 0 atom stereocenters. The molecule has 1 amide bonds. The first-order valence-electron chi connectivity index (χ1n) is 8.88. The lowest BCUT2D eigenvalue weighted by Gasteiger charge is -2.11. The van der Waals surface area contributed by atoms with Crippen molar-refractivity contribution < 1.29 is 27.5 Å². The molecule has 2 aromatic rings. The van der Waals surface area contributed by atoms with E-state index in [2.05, 4.69) is 10.0 Å². The van der Waals surface area contributed by atoms with E-state index < -0.39 is 28.5 Å². The molecule has 0 aliphatic heterocycles. The Morgan fingerprint density at radius 2 is 1.66 bits per heavy atom. The third-order valence-corrected chi connectivity index (χ3v) is 5.42. The first-order chi connectivity index (χ1) is 13.7. The monoisotopic (exact) mass is 420 g/mol. The summed E-state index contributed by atoms with van der Waals surface area (Å²) in [5.41, 5.74) is 2.34. The number of esters is 1. The molecule has 2 N–H and O–H groups in total. The van der Waals surface area contributed by atoms with Crippen molar-refractivity contribution in [3.8, 4) is 5.75 Å². The number of anilines is 1. The van der Waals surface area contributed by atoms with Gasteiger partial charge in [-0.3, -0.25) is 9.59 Å². The molecule has 0 aliphatic rings. The van der Waals surface area contributed by atoms with Crippen molar-refractivity contribution in [1.82, 2.24) is 4.72 Å². The summed E-state index contributed by atoms with van der Waals surface area (Å²) in [6.07, 6.45) is -0.202. The van der Waals surface area contributed by atoms with Gasteiger partial charge in [-0.1, -0.05) is 23.8 Å². The molecule has 8 nitrogen and oxygen atoms in total. The number of carbonyl (C=O) groups is 2. The summed E-state index contributed by atoms with van der Waals surface area (Å²) in [4.78, 5) is 23.9. The number of aryl methyl sites for hydroxylation is 2. The third-order valence-electron chi connectivity index (χ3n) is 3.95. The van der Waals surface area contributed by atoms with E-state index in [-0.39, 0.29) is 17.9 Å². The Balaban J connectivity index is 1.77. The summed E-state index contributed by atoms with van der Waals surface area (Å²) >= 11 is 0. The predicted octanol–water partition coefficient (Wildman–Crippen LogP) is 2.16. The lowest BCUT2D eigenvalue weighted by atomic mass is 10.2. The number of sulfonamides is 1. The number of hydrogen-bond acceptors (Lipinski definition) is 6. The highest BCUT2D eigenvalue weighted by Gasteiger charge is 2.15. The lowest BCUT2D eigenvalue weighted by Crippen LogP contribution is -2.28. The maximum atomic E-state index is 12.1. The number of rotatable bonds is 9. The van der Waals surface area contributed by atoms with Gasteiger partial charge in [0.2, 0.25) is 10.0 Å². The van der Waals surface area contributed by atoms with E-state index in [0.29, 0.717) is 11.4 Å². The minimum atomic E-state index is -3.71. The lowest BCUT2D eigenvalue weighted by molar-refractivity contribution is -0.147. The smallest absolute Gasteiger partial charge is 0.307 e. The van der Waals surface area contributed by atoms with Crippen LogP contribution >= 0.6 is 0 Å². The van der Waals surface area contributed by atoms with Crippen molar-refractivity contribution in [1.29, 1.82) is 0 Å². The highest BCUT2D eigenvalue weighted by atomic mass is 32.2. The van der Waals surface area contributed by atoms with E-state index in [1.807, 2.05) is 19.9 Å². The van der Waals surface area contributed by atoms with E-state index in [0.717, 1.165) is 11.1 Å². The second-order valence-electron chi connectivity index (χ2n) is 6.37. The largest absolute Gasteiger partial charge is 0.495 e. The average Bonchev–Trinajstić information content (AvgIpc) is 2.67. The minimum absolute atomic E-state index is 0.114. The van der Waals surface area contributed by atoms with Crippen LogP contribution in [0.15, 0.2) is 47.4 Å². The summed E-state index contributed by atoms with van der Waals surface area (Å²) in [5.74, 6) is -0.730. The van der Waals surface area contributed by atoms with Crippen LogP contribution in [0.2, 0.25) is 0 Å². The molecule has 0 unspecified atom stereocenters. The molecule has 156 valence electrons. The molecular weight excluding hydrogens is 396 g/mol. The van der Waals surface area contributed by atoms with Gasteiger partial charge in [0.1, 0.15) is 5.75 Å². The number of benzene rings is 2. The highest BCUT2D eigenvalue weighted by molar-refractivity contribution is 7.89. The van der Waals surface area contributed by atoms with Gasteiger partial charge >= 0.3 is 5.97 Å². The molecule has 0 bridgehead atoms. The van der Waals surface area contributed by atoms with Gasteiger partial charge in [-0.05, 0) is 43.7 Å². The zero-order valence-corrected chi connectivity index (χ0v) is 17.3. The van der Waals surface area contributed by atoms with E-state index in [1.54, 1.807) is 24.3 Å². The van der Waals surface area contributed by atoms with E-state index >= 15 is 0 Å². The minimum Gasteiger partial charge on any atom is -0.495 e. The molecule has 0 aliphatic carbocycles. The van der Waals surface area contributed by atoms with Crippen LogP contribution in [0.1, 0.15) is 17.5 Å². The number of methoxy groups -OCH3 is 1. The van der Waals surface area contributed by atoms with Crippen LogP contribution in [0.4, 0.5) is 5.69 Å². The van der Waals surface area contributed by atoms with Gasteiger partial charge in [-0.25, -0.2) is 13.1 Å². The molecule has 0 aromatic heterocycles. The second-order valence-corrected chi connectivity index (χ2v) is 8.14. The topological polar surface area (TPSA) is 111 Å². The van der Waals surface area contributed by atoms with Crippen LogP contribution in [-0.2, 0) is 24.3 Å². The number of nitrogens with one attached hydrogen (secondary N) is 2. The summed E-state index contributed by atoms with van der Waals surface area (Å²) in [6, 6.07) is 11.6. The highest BCUT2D eigenvalue weighted by Crippen LogP contribution is 2.25. The number of carbonyl (C=O) groups excluding carboxylic acids is 2. The van der Waals surface area contributed by atoms with Crippen LogP contribution in [0.3, 0.4) is 0 Å². The molecule has 2 aromatic carbocycles. The summed E-state index contributed by atoms with van der Waals surface area (Å²) < 4.78 is 36.7. The zero-order valence-electron chi connectivity index (χ0n) is 16.5. The maximum Gasteiger partial charge on any atom is 0.307 e. The average molecular weight is 420 g/mol. The number of amides is 1. The van der Waals surface area contributed by atoms with E-state index in [4.69, 9.17) is 9.47 Å². The van der Waals surface area contributed by atoms with Crippen molar-refractivity contribution in [2.45, 2.75) is 25.2 Å². The van der Waals surface area contributed by atoms with Crippen molar-refractivity contribution in [2.75, 3.05) is 25.6 Å². The molecule has 0 heterocycles. The molecule has 9 heteroatoms. The normalized spacial score (nSPS) is 11.0. The van der Waals surface area contributed by atoms with Gasteiger partial charge in [-0.2, -0.15) is 0 Å². The van der Waals surface area contributed by atoms with Crippen molar-refractivity contribution >= 4 is 27.6 Å². The number of hydrogen-bond donors (Lipinski definition) is 2. The third kappa shape index (κ3) is 6.88. The fraction of sp³-hybridized carbons (Fsp3) is 0.300. The Morgan fingerprint density at radius 3 is 2.31 bits per heavy atom. The molecule has 0 saturated heterocycles. The van der Waals surface area contributed by atoms with Gasteiger partial charge < -0.3 is 14.8 Å². The summed E-state index contributed by atoms with van der Waals surface area (Å²) in [7, 11) is -2.22. The first-order valence-corrected chi connectivity index (χ1v) is 10.4. The molecule has 0 radical (unpaired) electrons. The van der Waals surface area contributed by atoms with Crippen LogP contribution < -0.4 is 14.8 Å². The summed E-state index contributed by atoms with van der Waals surface area (Å²) in [6.45, 7) is 3.10. The fourth-order valence-corrected chi connectivity index (χ4v) is 3.44. The Hall–Kier alpha value is -2.91.